The third-order valence-corrected chi connectivity index (χ3v) is 4.53. The maximum Gasteiger partial charge on any atom is 0.275 e. The molecule has 24 heavy (non-hydrogen) atoms. The highest BCUT2D eigenvalue weighted by molar-refractivity contribution is 5.99. The number of carbonyl (C=O) groups is 1. The summed E-state index contributed by atoms with van der Waals surface area (Å²) in [6, 6.07) is 5.63. The number of pyridine rings is 1. The lowest BCUT2D eigenvalue weighted by molar-refractivity contribution is 0.0725. The smallest absolute Gasteiger partial charge is 0.275 e. The van der Waals surface area contributed by atoms with E-state index in [1.54, 1.807) is 0 Å². The highest BCUT2D eigenvalue weighted by Gasteiger charge is 2.35. The standard InChI is InChI=1S/C17H19N5O2/c1-3-14-19-16(20-24-14)13-8-6-10-22(13)17(23)15-12-7-4-5-9-21(12)11(2)18-15/h4-5,7,9,13H,3,6,8,10H2,1-2H3/t13-/m0/s1. The van der Waals surface area contributed by atoms with Gasteiger partial charge < -0.3 is 13.8 Å². The van der Waals surface area contributed by atoms with Crippen molar-refractivity contribution in [1.82, 2.24) is 24.4 Å². The Balaban J connectivity index is 1.69. The topological polar surface area (TPSA) is 76.5 Å². The Morgan fingerprint density at radius 3 is 3.04 bits per heavy atom. The van der Waals surface area contributed by atoms with Crippen molar-refractivity contribution in [2.24, 2.45) is 0 Å². The molecular formula is C17H19N5O2. The molecule has 1 saturated heterocycles. The maximum absolute atomic E-state index is 13.1. The van der Waals surface area contributed by atoms with Crippen LogP contribution in [0.5, 0.6) is 0 Å². The van der Waals surface area contributed by atoms with Gasteiger partial charge in [-0.3, -0.25) is 4.79 Å². The molecule has 1 atom stereocenters. The summed E-state index contributed by atoms with van der Waals surface area (Å²) in [6.07, 6.45) is 4.39. The zero-order valence-corrected chi connectivity index (χ0v) is 13.8. The first-order valence-electron chi connectivity index (χ1n) is 8.26. The Morgan fingerprint density at radius 2 is 2.25 bits per heavy atom. The first-order chi connectivity index (χ1) is 11.7. The fourth-order valence-electron chi connectivity index (χ4n) is 3.31. The Labute approximate surface area is 139 Å². The molecule has 0 radical (unpaired) electrons. The van der Waals surface area contributed by atoms with Gasteiger partial charge in [0.05, 0.1) is 11.6 Å². The number of likely N-dealkylation sites (tertiary alicyclic amines) is 1. The van der Waals surface area contributed by atoms with E-state index < -0.39 is 0 Å². The number of rotatable bonds is 3. The number of nitrogens with zero attached hydrogens (tertiary/aromatic N) is 5. The fraction of sp³-hybridized carbons (Fsp3) is 0.412. The maximum atomic E-state index is 13.1. The van der Waals surface area contributed by atoms with Crippen LogP contribution >= 0.6 is 0 Å². The minimum Gasteiger partial charge on any atom is -0.339 e. The average molecular weight is 325 g/mol. The van der Waals surface area contributed by atoms with E-state index in [0.29, 0.717) is 30.4 Å². The summed E-state index contributed by atoms with van der Waals surface area (Å²) in [4.78, 5) is 23.8. The van der Waals surface area contributed by atoms with Gasteiger partial charge in [0.25, 0.3) is 5.91 Å². The molecule has 0 N–H and O–H groups in total. The molecule has 3 aromatic heterocycles. The predicted octanol–water partition coefficient (Wildman–Crippen LogP) is 2.57. The molecule has 0 spiro atoms. The van der Waals surface area contributed by atoms with Crippen molar-refractivity contribution in [2.45, 2.75) is 39.2 Å². The van der Waals surface area contributed by atoms with Crippen LogP contribution in [0.2, 0.25) is 0 Å². The second-order valence-corrected chi connectivity index (χ2v) is 6.02. The van der Waals surface area contributed by atoms with Crippen molar-refractivity contribution >= 4 is 11.4 Å². The van der Waals surface area contributed by atoms with Gasteiger partial charge in [0.15, 0.2) is 11.5 Å². The lowest BCUT2D eigenvalue weighted by atomic mass is 10.2. The van der Waals surface area contributed by atoms with Crippen molar-refractivity contribution in [3.8, 4) is 0 Å². The van der Waals surface area contributed by atoms with E-state index in [9.17, 15) is 4.79 Å². The fourth-order valence-corrected chi connectivity index (χ4v) is 3.31. The van der Waals surface area contributed by atoms with Gasteiger partial charge in [-0.1, -0.05) is 18.1 Å². The van der Waals surface area contributed by atoms with Gasteiger partial charge in [0.2, 0.25) is 5.89 Å². The second-order valence-electron chi connectivity index (χ2n) is 6.02. The number of fused-ring (bicyclic) bond motifs is 1. The Kier molecular flexibility index (Phi) is 3.55. The number of hydrogen-bond acceptors (Lipinski definition) is 5. The molecule has 0 bridgehead atoms. The van der Waals surface area contributed by atoms with Crippen molar-refractivity contribution in [3.63, 3.8) is 0 Å². The Morgan fingerprint density at radius 1 is 1.38 bits per heavy atom. The second kappa shape index (κ2) is 5.74. The minimum atomic E-state index is -0.137. The van der Waals surface area contributed by atoms with Crippen LogP contribution in [0.25, 0.3) is 5.52 Å². The lowest BCUT2D eigenvalue weighted by Crippen LogP contribution is -2.31. The molecule has 7 nitrogen and oxygen atoms in total. The van der Waals surface area contributed by atoms with Crippen molar-refractivity contribution < 1.29 is 9.32 Å². The number of imidazole rings is 1. The van der Waals surface area contributed by atoms with Gasteiger partial charge in [0.1, 0.15) is 5.82 Å². The molecular weight excluding hydrogens is 306 g/mol. The predicted molar refractivity (Wildman–Crippen MR) is 86.6 cm³/mol. The summed E-state index contributed by atoms with van der Waals surface area (Å²) >= 11 is 0. The van der Waals surface area contributed by atoms with E-state index in [1.807, 2.05) is 47.5 Å². The number of aryl methyl sites for hydroxylation is 2. The van der Waals surface area contributed by atoms with E-state index in [2.05, 4.69) is 15.1 Å². The normalized spacial score (nSPS) is 17.8. The summed E-state index contributed by atoms with van der Waals surface area (Å²) < 4.78 is 7.15. The molecule has 0 aromatic carbocycles. The van der Waals surface area contributed by atoms with Gasteiger partial charge in [-0.25, -0.2) is 4.98 Å². The van der Waals surface area contributed by atoms with E-state index in [1.165, 1.54) is 0 Å². The van der Waals surface area contributed by atoms with Crippen LogP contribution in [-0.2, 0) is 6.42 Å². The first-order valence-corrected chi connectivity index (χ1v) is 8.26. The van der Waals surface area contributed by atoms with Crippen molar-refractivity contribution in [1.29, 1.82) is 0 Å². The van der Waals surface area contributed by atoms with Crippen LogP contribution in [0.3, 0.4) is 0 Å². The molecule has 0 aliphatic carbocycles. The summed E-state index contributed by atoms with van der Waals surface area (Å²) in [7, 11) is 0. The highest BCUT2D eigenvalue weighted by Crippen LogP contribution is 2.32. The largest absolute Gasteiger partial charge is 0.339 e. The third kappa shape index (κ3) is 2.28. The first kappa shape index (κ1) is 14.9. The van der Waals surface area contributed by atoms with Gasteiger partial charge >= 0.3 is 0 Å². The van der Waals surface area contributed by atoms with Crippen LogP contribution in [0.1, 0.15) is 53.8 Å². The molecule has 0 unspecified atom stereocenters. The molecule has 4 rings (SSSR count). The summed E-state index contributed by atoms with van der Waals surface area (Å²) in [5.41, 5.74) is 1.31. The third-order valence-electron chi connectivity index (χ3n) is 4.53. The average Bonchev–Trinajstić information content (AvgIpc) is 3.32. The Hall–Kier alpha value is -2.70. The molecule has 1 aliphatic rings. The van der Waals surface area contributed by atoms with E-state index in [-0.39, 0.29) is 11.9 Å². The van der Waals surface area contributed by atoms with E-state index in [4.69, 9.17) is 4.52 Å². The molecule has 1 amide bonds. The summed E-state index contributed by atoms with van der Waals surface area (Å²) in [5.74, 6) is 1.93. The monoisotopic (exact) mass is 325 g/mol. The molecule has 4 heterocycles. The summed E-state index contributed by atoms with van der Waals surface area (Å²) in [5, 5.41) is 4.06. The van der Waals surface area contributed by atoms with Gasteiger partial charge in [-0.2, -0.15) is 4.98 Å². The number of aromatic nitrogens is 4. The van der Waals surface area contributed by atoms with Crippen molar-refractivity contribution in [2.75, 3.05) is 6.54 Å². The zero-order chi connectivity index (χ0) is 16.7. The molecule has 124 valence electrons. The van der Waals surface area contributed by atoms with Crippen LogP contribution in [0.4, 0.5) is 0 Å². The van der Waals surface area contributed by atoms with Gasteiger partial charge in [-0.05, 0) is 31.9 Å². The van der Waals surface area contributed by atoms with Crippen LogP contribution in [0, 0.1) is 6.92 Å². The van der Waals surface area contributed by atoms with Crippen LogP contribution in [0.15, 0.2) is 28.9 Å². The molecule has 0 saturated carbocycles. The lowest BCUT2D eigenvalue weighted by Gasteiger charge is -2.21. The van der Waals surface area contributed by atoms with Gasteiger partial charge in [-0.15, -0.1) is 0 Å². The number of amides is 1. The van der Waals surface area contributed by atoms with Crippen LogP contribution < -0.4 is 0 Å². The quantitative estimate of drug-likeness (QED) is 0.739. The van der Waals surface area contributed by atoms with E-state index >= 15 is 0 Å². The van der Waals surface area contributed by atoms with Crippen molar-refractivity contribution in [3.05, 3.63) is 47.6 Å². The minimum absolute atomic E-state index is 0.0721. The molecule has 1 fully saturated rings. The number of hydrogen-bond donors (Lipinski definition) is 0. The number of carbonyl (C=O) groups excluding carboxylic acids is 1. The SMILES string of the molecule is CCc1nc([C@@H]2CCCN2C(=O)c2nc(C)n3ccccc23)no1. The molecule has 1 aliphatic heterocycles. The Bertz CT molecular complexity index is 897. The molecule has 3 aromatic rings. The molecule has 7 heteroatoms. The van der Waals surface area contributed by atoms with E-state index in [0.717, 1.165) is 24.2 Å². The summed E-state index contributed by atoms with van der Waals surface area (Å²) in [6.45, 7) is 4.55. The highest BCUT2D eigenvalue weighted by atomic mass is 16.5. The zero-order valence-electron chi connectivity index (χ0n) is 13.8. The van der Waals surface area contributed by atoms with Gasteiger partial charge in [0, 0.05) is 19.2 Å². The van der Waals surface area contributed by atoms with Crippen LogP contribution in [-0.4, -0.2) is 36.9 Å².